The summed E-state index contributed by atoms with van der Waals surface area (Å²) in [7, 11) is 0. The van der Waals surface area contributed by atoms with Crippen molar-refractivity contribution in [2.45, 2.75) is 0 Å². The van der Waals surface area contributed by atoms with Crippen LogP contribution in [0.2, 0.25) is 5.02 Å². The van der Waals surface area contributed by atoms with Gasteiger partial charge in [0.2, 0.25) is 0 Å². The van der Waals surface area contributed by atoms with Crippen molar-refractivity contribution in [1.82, 2.24) is 0 Å². The van der Waals surface area contributed by atoms with Gasteiger partial charge in [-0.3, -0.25) is 0 Å². The molecule has 0 nitrogen and oxygen atoms in total. The predicted molar refractivity (Wildman–Crippen MR) is 45.7 cm³/mol. The molecule has 0 aliphatic carbocycles. The maximum atomic E-state index is 5.67. The van der Waals surface area contributed by atoms with Gasteiger partial charge in [0.05, 0.1) is 0 Å². The standard InChI is InChI=1S/C6H2Br2Cl/c7-4-1-5(8)3-6(9)2-4/h2-3H. The lowest BCUT2D eigenvalue weighted by Gasteiger charge is -1.91. The van der Waals surface area contributed by atoms with Crippen LogP contribution in [0.15, 0.2) is 21.1 Å². The van der Waals surface area contributed by atoms with Crippen LogP contribution in [-0.2, 0) is 0 Å². The van der Waals surface area contributed by atoms with E-state index in [4.69, 9.17) is 11.6 Å². The Balaban J connectivity index is 3.17. The molecule has 0 saturated carbocycles. The molecule has 0 fully saturated rings. The first kappa shape index (κ1) is 7.58. The summed E-state index contributed by atoms with van der Waals surface area (Å²) >= 11 is 12.2. The van der Waals surface area contributed by atoms with Crippen molar-refractivity contribution < 1.29 is 0 Å². The topological polar surface area (TPSA) is 0 Å². The predicted octanol–water partition coefficient (Wildman–Crippen LogP) is 3.67. The molecular formula is C6H2Br2Cl. The zero-order valence-corrected chi connectivity index (χ0v) is 8.22. The summed E-state index contributed by atoms with van der Waals surface area (Å²) in [5.41, 5.74) is 0. The molecule has 0 aliphatic heterocycles. The monoisotopic (exact) mass is 267 g/mol. The number of hydrogen-bond acceptors (Lipinski definition) is 0. The lowest BCUT2D eigenvalue weighted by molar-refractivity contribution is 1.58. The van der Waals surface area contributed by atoms with Gasteiger partial charge in [-0.25, -0.2) is 0 Å². The third-order valence-corrected chi connectivity index (χ3v) is 1.84. The fourth-order valence-corrected chi connectivity index (χ4v) is 2.14. The second-order valence-electron chi connectivity index (χ2n) is 1.49. The van der Waals surface area contributed by atoms with Crippen LogP contribution < -0.4 is 0 Å². The van der Waals surface area contributed by atoms with Crippen molar-refractivity contribution in [2.24, 2.45) is 0 Å². The Morgan fingerprint density at radius 2 is 1.67 bits per heavy atom. The minimum atomic E-state index is 0.701. The summed E-state index contributed by atoms with van der Waals surface area (Å²) < 4.78 is 1.73. The molecular weight excluding hydrogens is 267 g/mol. The van der Waals surface area contributed by atoms with E-state index >= 15 is 0 Å². The Hall–Kier alpha value is 0.470. The zero-order chi connectivity index (χ0) is 6.85. The normalized spacial score (nSPS) is 9.67. The third kappa shape index (κ3) is 2.28. The van der Waals surface area contributed by atoms with Gasteiger partial charge in [0.15, 0.2) is 0 Å². The summed E-state index contributed by atoms with van der Waals surface area (Å²) in [5, 5.41) is 0.701. The Morgan fingerprint density at radius 1 is 1.22 bits per heavy atom. The van der Waals surface area contributed by atoms with Crippen LogP contribution >= 0.6 is 43.5 Å². The smallest absolute Gasteiger partial charge is 0.0428 e. The minimum absolute atomic E-state index is 0.701. The zero-order valence-electron chi connectivity index (χ0n) is 4.29. The number of rotatable bonds is 0. The van der Waals surface area contributed by atoms with Gasteiger partial charge in [-0.1, -0.05) is 43.5 Å². The van der Waals surface area contributed by atoms with E-state index in [9.17, 15) is 0 Å². The average Bonchev–Trinajstić information content (AvgIpc) is 1.59. The second kappa shape index (κ2) is 3.04. The first-order valence-corrected chi connectivity index (χ1v) is 4.19. The molecule has 0 bridgehead atoms. The molecule has 1 aromatic rings. The first-order chi connectivity index (χ1) is 4.18. The molecule has 0 spiro atoms. The van der Waals surface area contributed by atoms with E-state index in [-0.39, 0.29) is 0 Å². The van der Waals surface area contributed by atoms with E-state index in [1.807, 2.05) is 0 Å². The summed E-state index contributed by atoms with van der Waals surface area (Å²) in [6, 6.07) is 6.53. The average molecular weight is 269 g/mol. The molecule has 1 radical (unpaired) electrons. The van der Waals surface area contributed by atoms with Crippen LogP contribution in [0.5, 0.6) is 0 Å². The fourth-order valence-electron chi connectivity index (χ4n) is 0.470. The SMILES string of the molecule is Clc1cc(Br)[c]c(Br)c1. The molecule has 0 N–H and O–H groups in total. The molecule has 0 unspecified atom stereocenters. The molecule has 9 heavy (non-hydrogen) atoms. The maximum Gasteiger partial charge on any atom is 0.0428 e. The van der Waals surface area contributed by atoms with Gasteiger partial charge in [0.25, 0.3) is 0 Å². The van der Waals surface area contributed by atoms with Crippen LogP contribution in [0, 0.1) is 6.07 Å². The third-order valence-electron chi connectivity index (χ3n) is 0.768. The summed E-state index contributed by atoms with van der Waals surface area (Å²) in [5.74, 6) is 0. The molecule has 47 valence electrons. The van der Waals surface area contributed by atoms with Crippen molar-refractivity contribution in [3.8, 4) is 0 Å². The molecule has 1 aromatic carbocycles. The van der Waals surface area contributed by atoms with Crippen molar-refractivity contribution in [3.63, 3.8) is 0 Å². The van der Waals surface area contributed by atoms with Gasteiger partial charge in [-0.05, 0) is 12.1 Å². The van der Waals surface area contributed by atoms with Crippen LogP contribution in [0.4, 0.5) is 0 Å². The maximum absolute atomic E-state index is 5.67. The molecule has 0 heterocycles. The number of hydrogen-bond donors (Lipinski definition) is 0. The Morgan fingerprint density at radius 3 is 2.00 bits per heavy atom. The minimum Gasteiger partial charge on any atom is -0.0843 e. The van der Waals surface area contributed by atoms with Crippen LogP contribution in [0.3, 0.4) is 0 Å². The Kier molecular flexibility index (Phi) is 2.56. The summed E-state index contributed by atoms with van der Waals surface area (Å²) in [6.07, 6.45) is 0. The van der Waals surface area contributed by atoms with Crippen LogP contribution in [0.25, 0.3) is 0 Å². The van der Waals surface area contributed by atoms with E-state index in [2.05, 4.69) is 37.9 Å². The molecule has 3 heteroatoms. The lowest BCUT2D eigenvalue weighted by Crippen LogP contribution is -1.67. The molecule has 1 rings (SSSR count). The Bertz CT molecular complexity index is 172. The lowest BCUT2D eigenvalue weighted by atomic mass is 10.4. The highest BCUT2D eigenvalue weighted by Gasteiger charge is 1.92. The molecule has 0 aromatic heterocycles. The van der Waals surface area contributed by atoms with E-state index in [0.717, 1.165) is 8.95 Å². The van der Waals surface area contributed by atoms with E-state index in [1.54, 1.807) is 12.1 Å². The van der Waals surface area contributed by atoms with Crippen molar-refractivity contribution in [1.29, 1.82) is 0 Å². The number of benzene rings is 1. The van der Waals surface area contributed by atoms with Gasteiger partial charge in [0.1, 0.15) is 0 Å². The fraction of sp³-hybridized carbons (Fsp3) is 0. The molecule has 0 saturated heterocycles. The highest BCUT2D eigenvalue weighted by molar-refractivity contribution is 9.11. The quantitative estimate of drug-likeness (QED) is 0.674. The van der Waals surface area contributed by atoms with Crippen LogP contribution in [-0.4, -0.2) is 0 Å². The van der Waals surface area contributed by atoms with E-state index < -0.39 is 0 Å². The van der Waals surface area contributed by atoms with Crippen molar-refractivity contribution in [2.75, 3.05) is 0 Å². The van der Waals surface area contributed by atoms with Crippen molar-refractivity contribution >= 4 is 43.5 Å². The van der Waals surface area contributed by atoms with Crippen molar-refractivity contribution in [3.05, 3.63) is 32.2 Å². The molecule has 0 atom stereocenters. The summed E-state index contributed by atoms with van der Waals surface area (Å²) in [6.45, 7) is 0. The molecule has 0 aliphatic rings. The van der Waals surface area contributed by atoms with Gasteiger partial charge >= 0.3 is 0 Å². The molecule has 0 amide bonds. The van der Waals surface area contributed by atoms with Gasteiger partial charge in [-0.15, -0.1) is 0 Å². The van der Waals surface area contributed by atoms with Gasteiger partial charge in [-0.2, -0.15) is 0 Å². The van der Waals surface area contributed by atoms with E-state index in [0.29, 0.717) is 5.02 Å². The summed E-state index contributed by atoms with van der Waals surface area (Å²) in [4.78, 5) is 0. The van der Waals surface area contributed by atoms with E-state index in [1.165, 1.54) is 0 Å². The Labute approximate surface area is 75.5 Å². The van der Waals surface area contributed by atoms with Gasteiger partial charge in [0, 0.05) is 20.0 Å². The second-order valence-corrected chi connectivity index (χ2v) is 3.64. The van der Waals surface area contributed by atoms with Crippen LogP contribution in [0.1, 0.15) is 0 Å². The van der Waals surface area contributed by atoms with Gasteiger partial charge < -0.3 is 0 Å². The highest BCUT2D eigenvalue weighted by Crippen LogP contribution is 2.21. The first-order valence-electron chi connectivity index (χ1n) is 2.22. The highest BCUT2D eigenvalue weighted by atomic mass is 79.9. The largest absolute Gasteiger partial charge is 0.0843 e. The number of halogens is 3.